The Labute approximate surface area is 230 Å². The molecule has 0 bridgehead atoms. The van der Waals surface area contributed by atoms with Gasteiger partial charge in [0.25, 0.3) is 0 Å². The molecule has 0 amide bonds. The maximum absolute atomic E-state index is 12.7. The summed E-state index contributed by atoms with van der Waals surface area (Å²) < 4.78 is 31.0. The van der Waals surface area contributed by atoms with Gasteiger partial charge in [0.2, 0.25) is 0 Å². The van der Waals surface area contributed by atoms with Crippen LogP contribution in [0.5, 0.6) is 11.5 Å². The molecule has 0 saturated heterocycles. The number of nitrogens with two attached hydrogens (primary N) is 1. The Kier molecular flexibility index (Phi) is 14.3. The second kappa shape index (κ2) is 16.6. The number of unbranched alkanes of at least 4 members (excludes halogenated alkanes) is 1. The Morgan fingerprint density at radius 3 is 1.97 bits per heavy atom. The highest BCUT2D eigenvalue weighted by Crippen LogP contribution is 2.32. The van der Waals surface area contributed by atoms with Gasteiger partial charge in [0.05, 0.1) is 20.3 Å². The summed E-state index contributed by atoms with van der Waals surface area (Å²) in [6.07, 6.45) is -0.922. The summed E-state index contributed by atoms with van der Waals surface area (Å²) >= 11 is 0. The van der Waals surface area contributed by atoms with E-state index in [0.717, 1.165) is 6.42 Å². The van der Waals surface area contributed by atoms with Gasteiger partial charge in [-0.3, -0.25) is 9.59 Å². The normalized spacial score (nSPS) is 13.3. The first kappa shape index (κ1) is 33.7. The van der Waals surface area contributed by atoms with Gasteiger partial charge in [-0.1, -0.05) is 47.1 Å². The first-order valence-electron chi connectivity index (χ1n) is 13.2. The van der Waals surface area contributed by atoms with Gasteiger partial charge < -0.3 is 34.2 Å². The van der Waals surface area contributed by atoms with Gasteiger partial charge in [-0.15, -0.1) is 0 Å². The van der Waals surface area contributed by atoms with Crippen molar-refractivity contribution in [2.75, 3.05) is 20.3 Å². The Bertz CT molecular complexity index is 962. The zero-order valence-corrected chi connectivity index (χ0v) is 24.1. The monoisotopic (exact) mass is 553 g/mol. The number of benzene rings is 1. The van der Waals surface area contributed by atoms with Crippen molar-refractivity contribution in [3.05, 3.63) is 23.8 Å². The molecule has 1 aromatic rings. The van der Waals surface area contributed by atoms with Crippen molar-refractivity contribution in [1.82, 2.24) is 0 Å². The van der Waals surface area contributed by atoms with E-state index in [9.17, 15) is 19.2 Å². The number of ether oxygens (including phenoxy) is 6. The van der Waals surface area contributed by atoms with Gasteiger partial charge >= 0.3 is 24.2 Å². The van der Waals surface area contributed by atoms with Crippen LogP contribution in [0.1, 0.15) is 72.8 Å². The third kappa shape index (κ3) is 12.8. The van der Waals surface area contributed by atoms with E-state index in [4.69, 9.17) is 34.2 Å². The number of rotatable bonds is 15. The van der Waals surface area contributed by atoms with Crippen molar-refractivity contribution < 1.29 is 47.6 Å². The summed E-state index contributed by atoms with van der Waals surface area (Å²) in [6.45, 7) is 11.3. The summed E-state index contributed by atoms with van der Waals surface area (Å²) in [5, 5.41) is 0. The van der Waals surface area contributed by atoms with Crippen LogP contribution in [-0.4, -0.2) is 56.2 Å². The molecule has 0 saturated carbocycles. The highest BCUT2D eigenvalue weighted by molar-refractivity contribution is 5.81. The Balaban J connectivity index is 3.20. The quantitative estimate of drug-likeness (QED) is 0.178. The molecule has 0 aromatic heterocycles. The summed E-state index contributed by atoms with van der Waals surface area (Å²) in [5.41, 5.74) is 5.36. The van der Waals surface area contributed by atoms with E-state index >= 15 is 0 Å². The topological polar surface area (TPSA) is 150 Å². The highest BCUT2D eigenvalue weighted by atomic mass is 16.7. The van der Waals surface area contributed by atoms with Gasteiger partial charge in [-0.05, 0) is 42.9 Å². The number of carbonyl (C=O) groups excluding carboxylic acids is 4. The molecule has 0 spiro atoms. The minimum absolute atomic E-state index is 0.0239. The van der Waals surface area contributed by atoms with Gasteiger partial charge in [0.15, 0.2) is 11.5 Å². The van der Waals surface area contributed by atoms with Crippen molar-refractivity contribution >= 4 is 24.2 Å². The molecule has 2 atom stereocenters. The van der Waals surface area contributed by atoms with Crippen molar-refractivity contribution in [3.8, 4) is 11.5 Å². The molecule has 39 heavy (non-hydrogen) atoms. The molecule has 220 valence electrons. The average Bonchev–Trinajstić information content (AvgIpc) is 2.85. The molecule has 11 heteroatoms. The van der Waals surface area contributed by atoms with E-state index in [1.165, 1.54) is 19.2 Å². The van der Waals surface area contributed by atoms with Crippen LogP contribution in [0.15, 0.2) is 18.2 Å². The molecule has 0 aliphatic rings. The summed E-state index contributed by atoms with van der Waals surface area (Å²) in [5.74, 6) is -1.15. The fourth-order valence-corrected chi connectivity index (χ4v) is 3.49. The van der Waals surface area contributed by atoms with E-state index < -0.39 is 29.9 Å². The molecule has 0 aliphatic carbocycles. The molecular formula is C28H43NO10. The van der Waals surface area contributed by atoms with Gasteiger partial charge in [0.1, 0.15) is 11.6 Å². The second-order valence-electron chi connectivity index (χ2n) is 10.3. The highest BCUT2D eigenvalue weighted by Gasteiger charge is 2.38. The van der Waals surface area contributed by atoms with Gasteiger partial charge in [-0.2, -0.15) is 0 Å². The molecule has 1 rings (SSSR count). The zero-order valence-electron chi connectivity index (χ0n) is 24.1. The lowest BCUT2D eigenvalue weighted by Crippen LogP contribution is -2.53. The van der Waals surface area contributed by atoms with Crippen molar-refractivity contribution in [1.29, 1.82) is 0 Å². The SMILES string of the molecule is CCCCC(=O)OC(C)C[C@@](N)(Cc1ccc(OC(=O)OCC(C)C)c(OC(=O)OCC(C)C)c1)C(=O)OC. The van der Waals surface area contributed by atoms with Crippen molar-refractivity contribution in [3.63, 3.8) is 0 Å². The first-order valence-corrected chi connectivity index (χ1v) is 13.2. The number of hydrogen-bond donors (Lipinski definition) is 1. The van der Waals surface area contributed by atoms with Crippen LogP contribution in [0.2, 0.25) is 0 Å². The summed E-state index contributed by atoms with van der Waals surface area (Å²) in [6, 6.07) is 4.35. The van der Waals surface area contributed by atoms with E-state index in [0.29, 0.717) is 12.0 Å². The minimum Gasteiger partial charge on any atom is -0.468 e. The predicted octanol–water partition coefficient (Wildman–Crippen LogP) is 4.95. The molecule has 1 unspecified atom stereocenters. The lowest BCUT2D eigenvalue weighted by Gasteiger charge is -2.29. The predicted molar refractivity (Wildman–Crippen MR) is 142 cm³/mol. The van der Waals surface area contributed by atoms with E-state index in [1.54, 1.807) is 13.0 Å². The average molecular weight is 554 g/mol. The van der Waals surface area contributed by atoms with Crippen LogP contribution in [0.25, 0.3) is 0 Å². The molecule has 0 heterocycles. The van der Waals surface area contributed by atoms with E-state index in [1.807, 2.05) is 34.6 Å². The molecule has 0 fully saturated rings. The Morgan fingerprint density at radius 1 is 0.897 bits per heavy atom. The number of methoxy groups -OCH3 is 1. The van der Waals surface area contributed by atoms with Crippen LogP contribution >= 0.6 is 0 Å². The molecule has 0 aliphatic heterocycles. The zero-order chi connectivity index (χ0) is 29.6. The van der Waals surface area contributed by atoms with Crippen LogP contribution in [-0.2, 0) is 35.0 Å². The molecule has 11 nitrogen and oxygen atoms in total. The van der Waals surface area contributed by atoms with Crippen molar-refractivity contribution in [2.24, 2.45) is 17.6 Å². The third-order valence-electron chi connectivity index (χ3n) is 5.29. The van der Waals surface area contributed by atoms with E-state index in [-0.39, 0.29) is 61.8 Å². The fourth-order valence-electron chi connectivity index (χ4n) is 3.49. The lowest BCUT2D eigenvalue weighted by atomic mass is 9.86. The molecular weight excluding hydrogens is 510 g/mol. The Morgan fingerprint density at radius 2 is 1.46 bits per heavy atom. The summed E-state index contributed by atoms with van der Waals surface area (Å²) in [7, 11) is 1.21. The maximum atomic E-state index is 12.7. The largest absolute Gasteiger partial charge is 0.513 e. The molecule has 0 radical (unpaired) electrons. The molecule has 2 N–H and O–H groups in total. The number of carbonyl (C=O) groups is 4. The minimum atomic E-state index is -1.58. The number of esters is 2. The van der Waals surface area contributed by atoms with Crippen molar-refractivity contribution in [2.45, 2.75) is 85.3 Å². The smallest absolute Gasteiger partial charge is 0.468 e. The van der Waals surface area contributed by atoms with Crippen LogP contribution < -0.4 is 15.2 Å². The fraction of sp³-hybridized carbons (Fsp3) is 0.643. The Hall–Kier alpha value is -3.34. The maximum Gasteiger partial charge on any atom is 0.513 e. The third-order valence-corrected chi connectivity index (χ3v) is 5.29. The van der Waals surface area contributed by atoms with Gasteiger partial charge in [0, 0.05) is 19.3 Å². The molecule has 1 aromatic carbocycles. The van der Waals surface area contributed by atoms with Gasteiger partial charge in [-0.25, -0.2) is 9.59 Å². The summed E-state index contributed by atoms with van der Waals surface area (Å²) in [4.78, 5) is 49.2. The van der Waals surface area contributed by atoms with Crippen LogP contribution in [0.3, 0.4) is 0 Å². The second-order valence-corrected chi connectivity index (χ2v) is 10.3. The van der Waals surface area contributed by atoms with E-state index in [2.05, 4.69) is 0 Å². The lowest BCUT2D eigenvalue weighted by molar-refractivity contribution is -0.155. The standard InChI is InChI=1S/C28H43NO10/c1-8-9-10-24(30)37-20(6)14-28(29,25(31)34-7)15-21-11-12-22(38-26(32)35-16-18(2)3)23(13-21)39-27(33)36-17-19(4)5/h11-13,18-20H,8-10,14-17,29H2,1-7H3/t20?,28-/m1/s1. The van der Waals surface area contributed by atoms with Crippen LogP contribution in [0, 0.1) is 11.8 Å². The van der Waals surface area contributed by atoms with Crippen LogP contribution in [0.4, 0.5) is 9.59 Å². The first-order chi connectivity index (χ1) is 18.3. The number of hydrogen-bond acceptors (Lipinski definition) is 11.